The quantitative estimate of drug-likeness (QED) is 0.427. The average molecular weight is 420 g/mol. The first kappa shape index (κ1) is 21.8. The van der Waals surface area contributed by atoms with E-state index in [0.717, 1.165) is 22.3 Å². The third-order valence-electron chi connectivity index (χ3n) is 4.99. The second-order valence-electron chi connectivity index (χ2n) is 7.03. The molecule has 2 amide bonds. The van der Waals surface area contributed by atoms with Crippen LogP contribution in [0.1, 0.15) is 23.5 Å². The molecule has 2 aromatic rings. The van der Waals surface area contributed by atoms with Gasteiger partial charge >= 0.3 is 12.1 Å². The molecule has 3 rings (SSSR count). The van der Waals surface area contributed by atoms with E-state index < -0.39 is 24.0 Å². The Morgan fingerprint density at radius 1 is 1.06 bits per heavy atom. The number of carbonyl (C=O) groups is 3. The number of ether oxygens (including phenoxy) is 1. The minimum absolute atomic E-state index is 0.0303. The van der Waals surface area contributed by atoms with E-state index in [4.69, 9.17) is 9.84 Å². The molecular formula is C24H24N2O5. The van der Waals surface area contributed by atoms with Crippen molar-refractivity contribution in [1.29, 1.82) is 0 Å². The molecule has 1 aliphatic carbocycles. The summed E-state index contributed by atoms with van der Waals surface area (Å²) in [6, 6.07) is 15.1. The predicted octanol–water partition coefficient (Wildman–Crippen LogP) is 3.23. The smallest absolute Gasteiger partial charge is 0.407 e. The van der Waals surface area contributed by atoms with Gasteiger partial charge in [-0.05, 0) is 28.7 Å². The largest absolute Gasteiger partial charge is 0.480 e. The van der Waals surface area contributed by atoms with Crippen molar-refractivity contribution in [3.63, 3.8) is 0 Å². The first-order chi connectivity index (χ1) is 15.0. The summed E-state index contributed by atoms with van der Waals surface area (Å²) in [4.78, 5) is 34.9. The Balaban J connectivity index is 1.48. The van der Waals surface area contributed by atoms with Crippen LogP contribution in [0.15, 0.2) is 73.3 Å². The molecule has 7 nitrogen and oxygen atoms in total. The normalized spacial score (nSPS) is 13.2. The fourth-order valence-corrected chi connectivity index (χ4v) is 3.57. The van der Waals surface area contributed by atoms with Crippen LogP contribution < -0.4 is 10.6 Å². The van der Waals surface area contributed by atoms with Crippen LogP contribution in [0, 0.1) is 0 Å². The van der Waals surface area contributed by atoms with Gasteiger partial charge in [-0.25, -0.2) is 9.59 Å². The van der Waals surface area contributed by atoms with Gasteiger partial charge in [-0.2, -0.15) is 0 Å². The van der Waals surface area contributed by atoms with E-state index in [1.807, 2.05) is 36.4 Å². The van der Waals surface area contributed by atoms with Gasteiger partial charge in [-0.1, -0.05) is 60.7 Å². The van der Waals surface area contributed by atoms with Crippen LogP contribution in [0.3, 0.4) is 0 Å². The highest BCUT2D eigenvalue weighted by atomic mass is 16.5. The molecule has 2 aromatic carbocycles. The summed E-state index contributed by atoms with van der Waals surface area (Å²) in [5.41, 5.74) is 4.55. The van der Waals surface area contributed by atoms with Crippen molar-refractivity contribution in [2.45, 2.75) is 18.4 Å². The van der Waals surface area contributed by atoms with E-state index in [-0.39, 0.29) is 25.5 Å². The maximum absolute atomic E-state index is 12.1. The Morgan fingerprint density at radius 2 is 1.68 bits per heavy atom. The van der Waals surface area contributed by atoms with Crippen LogP contribution in [0.5, 0.6) is 0 Å². The molecule has 0 saturated carbocycles. The third-order valence-corrected chi connectivity index (χ3v) is 4.99. The average Bonchev–Trinajstić information content (AvgIpc) is 3.09. The number of hydrogen-bond acceptors (Lipinski definition) is 4. The lowest BCUT2D eigenvalue weighted by molar-refractivity contribution is -0.141. The number of rotatable bonds is 9. The highest BCUT2D eigenvalue weighted by molar-refractivity contribution is 5.91. The SMILES string of the molecule is C=CCC(NC(=O)/C=C/CNC(=O)OCC1c2ccccc2-c2ccccc21)C(=O)O. The van der Waals surface area contributed by atoms with E-state index in [1.165, 1.54) is 18.2 Å². The van der Waals surface area contributed by atoms with Gasteiger partial charge in [0, 0.05) is 18.5 Å². The molecule has 0 fully saturated rings. The second-order valence-corrected chi connectivity index (χ2v) is 7.03. The lowest BCUT2D eigenvalue weighted by atomic mass is 9.98. The van der Waals surface area contributed by atoms with Crippen molar-refractivity contribution in [1.82, 2.24) is 10.6 Å². The van der Waals surface area contributed by atoms with Gasteiger partial charge in [-0.15, -0.1) is 6.58 Å². The number of amides is 2. The fraction of sp³-hybridized carbons (Fsp3) is 0.208. The number of carboxylic acids is 1. The molecule has 3 N–H and O–H groups in total. The summed E-state index contributed by atoms with van der Waals surface area (Å²) in [5, 5.41) is 13.9. The van der Waals surface area contributed by atoms with Crippen molar-refractivity contribution < 1.29 is 24.2 Å². The molecule has 160 valence electrons. The third kappa shape index (κ3) is 5.39. The van der Waals surface area contributed by atoms with Crippen LogP contribution in [0.2, 0.25) is 0 Å². The Morgan fingerprint density at radius 3 is 2.26 bits per heavy atom. The van der Waals surface area contributed by atoms with Crippen LogP contribution in [0.25, 0.3) is 11.1 Å². The Bertz CT molecular complexity index is 969. The zero-order valence-electron chi connectivity index (χ0n) is 16.9. The van der Waals surface area contributed by atoms with Crippen LogP contribution in [-0.4, -0.2) is 42.3 Å². The number of carboxylic acid groups (broad SMARTS) is 1. The van der Waals surface area contributed by atoms with Gasteiger partial charge in [0.25, 0.3) is 0 Å². The number of nitrogens with one attached hydrogen (secondary N) is 2. The van der Waals surface area contributed by atoms with Crippen molar-refractivity contribution in [3.05, 3.63) is 84.5 Å². The summed E-state index contributed by atoms with van der Waals surface area (Å²) in [6.07, 6.45) is 3.53. The molecule has 7 heteroatoms. The number of hydrogen-bond donors (Lipinski definition) is 3. The van der Waals surface area contributed by atoms with Gasteiger partial charge < -0.3 is 20.5 Å². The molecule has 0 saturated heterocycles. The molecule has 0 aromatic heterocycles. The van der Waals surface area contributed by atoms with Crippen molar-refractivity contribution in [2.24, 2.45) is 0 Å². The molecular weight excluding hydrogens is 396 g/mol. The molecule has 1 unspecified atom stereocenters. The molecule has 0 radical (unpaired) electrons. The van der Waals surface area contributed by atoms with Gasteiger partial charge in [0.1, 0.15) is 12.6 Å². The number of alkyl carbamates (subject to hydrolysis) is 1. The van der Waals surface area contributed by atoms with Gasteiger partial charge in [0.05, 0.1) is 0 Å². The molecule has 0 spiro atoms. The summed E-state index contributed by atoms with van der Waals surface area (Å²) >= 11 is 0. The molecule has 1 atom stereocenters. The minimum Gasteiger partial charge on any atom is -0.480 e. The van der Waals surface area contributed by atoms with Crippen molar-refractivity contribution >= 4 is 18.0 Å². The maximum Gasteiger partial charge on any atom is 0.407 e. The lowest BCUT2D eigenvalue weighted by Crippen LogP contribution is -2.39. The van der Waals surface area contributed by atoms with E-state index in [9.17, 15) is 14.4 Å². The second kappa shape index (κ2) is 10.2. The van der Waals surface area contributed by atoms with E-state index in [0.29, 0.717) is 0 Å². The van der Waals surface area contributed by atoms with Crippen molar-refractivity contribution in [2.75, 3.05) is 13.2 Å². The molecule has 0 aliphatic heterocycles. The topological polar surface area (TPSA) is 105 Å². The van der Waals surface area contributed by atoms with Crippen LogP contribution in [0.4, 0.5) is 4.79 Å². The number of benzene rings is 2. The molecule has 0 bridgehead atoms. The first-order valence-electron chi connectivity index (χ1n) is 9.90. The Hall–Kier alpha value is -3.87. The number of fused-ring (bicyclic) bond motifs is 3. The summed E-state index contributed by atoms with van der Waals surface area (Å²) in [6.45, 7) is 3.73. The first-order valence-corrected chi connectivity index (χ1v) is 9.90. The van der Waals surface area contributed by atoms with E-state index in [1.54, 1.807) is 0 Å². The Kier molecular flexibility index (Phi) is 7.22. The monoisotopic (exact) mass is 420 g/mol. The number of aliphatic carboxylic acids is 1. The standard InChI is InChI=1S/C24H24N2O5/c1-2-8-21(23(28)29)26-22(27)13-7-14-25-24(30)31-15-20-18-11-5-3-9-16(18)17-10-4-6-12-19(17)20/h2-7,9-13,20-21H,1,8,14-15H2,(H,25,30)(H,26,27)(H,28,29)/b13-7+. The van der Waals surface area contributed by atoms with Crippen molar-refractivity contribution in [3.8, 4) is 11.1 Å². The van der Waals surface area contributed by atoms with Gasteiger partial charge in [0.15, 0.2) is 0 Å². The van der Waals surface area contributed by atoms with Crippen LogP contribution in [-0.2, 0) is 14.3 Å². The lowest BCUT2D eigenvalue weighted by Gasteiger charge is -2.14. The van der Waals surface area contributed by atoms with E-state index in [2.05, 4.69) is 29.3 Å². The number of carbonyl (C=O) groups excluding carboxylic acids is 2. The van der Waals surface area contributed by atoms with Crippen LogP contribution >= 0.6 is 0 Å². The van der Waals surface area contributed by atoms with Gasteiger partial charge in [-0.3, -0.25) is 4.79 Å². The molecule has 31 heavy (non-hydrogen) atoms. The highest BCUT2D eigenvalue weighted by Crippen LogP contribution is 2.44. The Labute approximate surface area is 180 Å². The summed E-state index contributed by atoms with van der Waals surface area (Å²) in [7, 11) is 0. The summed E-state index contributed by atoms with van der Waals surface area (Å²) < 4.78 is 5.40. The fourth-order valence-electron chi connectivity index (χ4n) is 3.57. The summed E-state index contributed by atoms with van der Waals surface area (Å²) in [5.74, 6) is -1.74. The zero-order valence-corrected chi connectivity index (χ0v) is 16.9. The van der Waals surface area contributed by atoms with E-state index >= 15 is 0 Å². The maximum atomic E-state index is 12.1. The zero-order chi connectivity index (χ0) is 22.2. The minimum atomic E-state index is -1.14. The molecule has 1 aliphatic rings. The highest BCUT2D eigenvalue weighted by Gasteiger charge is 2.28. The molecule has 0 heterocycles. The van der Waals surface area contributed by atoms with Gasteiger partial charge in [0.2, 0.25) is 5.91 Å². The predicted molar refractivity (Wildman–Crippen MR) is 117 cm³/mol.